The number of amides is 1. The fourth-order valence-corrected chi connectivity index (χ4v) is 6.17. The van der Waals surface area contributed by atoms with Gasteiger partial charge in [0.15, 0.2) is 0 Å². The van der Waals surface area contributed by atoms with Crippen molar-refractivity contribution in [3.8, 4) is 0 Å². The summed E-state index contributed by atoms with van der Waals surface area (Å²) in [5.74, 6) is -1.30. The molecular formula is C32H31F2N5O3. The van der Waals surface area contributed by atoms with Crippen LogP contribution in [0, 0.1) is 27.7 Å². The van der Waals surface area contributed by atoms with Crippen molar-refractivity contribution in [2.45, 2.75) is 25.3 Å². The Labute approximate surface area is 242 Å². The highest BCUT2D eigenvalue weighted by Gasteiger charge is 2.44. The number of hydrogen-bond acceptors (Lipinski definition) is 6. The highest BCUT2D eigenvalue weighted by molar-refractivity contribution is 6.09. The molecule has 2 aliphatic heterocycles. The van der Waals surface area contributed by atoms with Crippen LogP contribution in [0.15, 0.2) is 77.4 Å². The van der Waals surface area contributed by atoms with Crippen molar-refractivity contribution in [2.24, 2.45) is 11.0 Å². The number of likely N-dealkylation sites (N-methyl/N-ethyl adjacent to an activating group) is 1. The van der Waals surface area contributed by atoms with Gasteiger partial charge in [-0.15, -0.1) is 0 Å². The monoisotopic (exact) mass is 571 g/mol. The standard InChI is InChI=1S/C32H31F2N5O3/c1-36-15-17-37(18-16-36)28-14-9-24(20-29(28)39(41)42)32(40)38-31(22-7-12-26(34)13-8-22)27-4-2-3-23(30(27)35-38)19-21-5-10-25(33)11-6-21/h5-14,19-20,27,31H,2-4,15-18H2,1H3/b23-19+/t27-,31-/m1/s1. The van der Waals surface area contributed by atoms with E-state index in [4.69, 9.17) is 5.10 Å². The Morgan fingerprint density at radius 2 is 1.64 bits per heavy atom. The molecule has 0 bridgehead atoms. The van der Waals surface area contributed by atoms with Crippen LogP contribution in [0.3, 0.4) is 0 Å². The number of fused-ring (bicyclic) bond motifs is 1. The first-order valence-electron chi connectivity index (χ1n) is 14.1. The molecule has 3 aromatic rings. The zero-order chi connectivity index (χ0) is 29.4. The van der Waals surface area contributed by atoms with Crippen LogP contribution in [0.4, 0.5) is 20.2 Å². The SMILES string of the molecule is CN1CCN(c2ccc(C(=O)N3N=C4/C(=C/c5ccc(F)cc5)CCC[C@H]4[C@H]3c3ccc(F)cc3)cc2[N+](=O)[O-])CC1. The molecule has 2 fully saturated rings. The van der Waals surface area contributed by atoms with E-state index in [-0.39, 0.29) is 28.8 Å². The number of halogens is 2. The van der Waals surface area contributed by atoms with E-state index in [1.54, 1.807) is 36.4 Å². The maximum absolute atomic E-state index is 14.1. The predicted octanol–water partition coefficient (Wildman–Crippen LogP) is 6.06. The van der Waals surface area contributed by atoms with E-state index < -0.39 is 16.9 Å². The Morgan fingerprint density at radius 3 is 2.31 bits per heavy atom. The Bertz CT molecular complexity index is 1560. The van der Waals surface area contributed by atoms with Crippen molar-refractivity contribution in [1.82, 2.24) is 9.91 Å². The van der Waals surface area contributed by atoms with Crippen molar-refractivity contribution < 1.29 is 18.5 Å². The Hall–Kier alpha value is -4.44. The zero-order valence-electron chi connectivity index (χ0n) is 23.2. The number of carbonyl (C=O) groups excluding carboxylic acids is 1. The molecule has 1 saturated heterocycles. The smallest absolute Gasteiger partial charge is 0.293 e. The molecule has 2 atom stereocenters. The van der Waals surface area contributed by atoms with Gasteiger partial charge in [0.2, 0.25) is 0 Å². The normalized spacial score (nSPS) is 21.8. The number of rotatable bonds is 5. The summed E-state index contributed by atoms with van der Waals surface area (Å²) in [5, 5.41) is 18.4. The van der Waals surface area contributed by atoms with Gasteiger partial charge in [-0.2, -0.15) is 5.10 Å². The number of hydrogen-bond donors (Lipinski definition) is 0. The fraction of sp³-hybridized carbons (Fsp3) is 0.312. The van der Waals surface area contributed by atoms with E-state index in [0.717, 1.165) is 54.8 Å². The van der Waals surface area contributed by atoms with Gasteiger partial charge in [-0.25, -0.2) is 13.8 Å². The van der Waals surface area contributed by atoms with E-state index in [9.17, 15) is 23.7 Å². The second-order valence-corrected chi connectivity index (χ2v) is 11.1. The first-order valence-corrected chi connectivity index (χ1v) is 14.1. The minimum Gasteiger partial charge on any atom is -0.363 e. The third-order valence-electron chi connectivity index (χ3n) is 8.40. The van der Waals surface area contributed by atoms with Crippen molar-refractivity contribution in [3.05, 3.63) is 111 Å². The Balaban J connectivity index is 1.39. The molecule has 1 aliphatic carbocycles. The lowest BCUT2D eigenvalue weighted by Crippen LogP contribution is -2.44. The predicted molar refractivity (Wildman–Crippen MR) is 157 cm³/mol. The molecule has 42 heavy (non-hydrogen) atoms. The number of nitro groups is 1. The van der Waals surface area contributed by atoms with Crippen LogP contribution >= 0.6 is 0 Å². The molecule has 0 spiro atoms. The molecule has 2 heterocycles. The molecule has 3 aliphatic rings. The third kappa shape index (κ3) is 5.42. The van der Waals surface area contributed by atoms with Crippen molar-refractivity contribution in [1.29, 1.82) is 0 Å². The van der Waals surface area contributed by atoms with Crippen LogP contribution in [0.2, 0.25) is 0 Å². The summed E-state index contributed by atoms with van der Waals surface area (Å²) in [5.41, 5.74) is 3.82. The highest BCUT2D eigenvalue weighted by atomic mass is 19.1. The van der Waals surface area contributed by atoms with E-state index >= 15 is 0 Å². The molecule has 0 aromatic heterocycles. The maximum atomic E-state index is 14.1. The maximum Gasteiger partial charge on any atom is 0.293 e. The summed E-state index contributed by atoms with van der Waals surface area (Å²) in [6.07, 6.45) is 4.35. The number of allylic oxidation sites excluding steroid dienone is 1. The number of nitrogens with zero attached hydrogens (tertiary/aromatic N) is 5. The summed E-state index contributed by atoms with van der Waals surface area (Å²) in [6, 6.07) is 16.4. The molecule has 0 radical (unpaired) electrons. The number of hydrazone groups is 1. The van der Waals surface area contributed by atoms with Crippen molar-refractivity contribution in [3.63, 3.8) is 0 Å². The van der Waals surface area contributed by atoms with E-state index in [2.05, 4.69) is 4.90 Å². The zero-order valence-corrected chi connectivity index (χ0v) is 23.2. The number of nitro benzene ring substituents is 1. The van der Waals surface area contributed by atoms with Crippen LogP contribution in [0.1, 0.15) is 46.8 Å². The van der Waals surface area contributed by atoms with Gasteiger partial charge >= 0.3 is 0 Å². The first kappa shape index (κ1) is 27.7. The second-order valence-electron chi connectivity index (χ2n) is 11.1. The van der Waals surface area contributed by atoms with Gasteiger partial charge in [-0.3, -0.25) is 14.9 Å². The molecule has 216 valence electrons. The van der Waals surface area contributed by atoms with E-state index in [1.165, 1.54) is 35.3 Å². The van der Waals surface area contributed by atoms with Crippen LogP contribution in [0.25, 0.3) is 6.08 Å². The largest absolute Gasteiger partial charge is 0.363 e. The average Bonchev–Trinajstić information content (AvgIpc) is 3.39. The number of anilines is 1. The lowest BCUT2D eigenvalue weighted by atomic mass is 9.77. The fourth-order valence-electron chi connectivity index (χ4n) is 6.17. The van der Waals surface area contributed by atoms with Gasteiger partial charge in [0.1, 0.15) is 17.3 Å². The molecule has 3 aromatic carbocycles. The van der Waals surface area contributed by atoms with Crippen LogP contribution in [-0.4, -0.2) is 59.7 Å². The number of piperazine rings is 1. The molecule has 6 rings (SSSR count). The van der Waals surface area contributed by atoms with Gasteiger partial charge in [0.05, 0.1) is 16.7 Å². The van der Waals surface area contributed by atoms with E-state index in [0.29, 0.717) is 18.8 Å². The number of benzene rings is 3. The Morgan fingerprint density at radius 1 is 0.976 bits per heavy atom. The lowest BCUT2D eigenvalue weighted by Gasteiger charge is -2.33. The van der Waals surface area contributed by atoms with Gasteiger partial charge < -0.3 is 9.80 Å². The lowest BCUT2D eigenvalue weighted by molar-refractivity contribution is -0.384. The molecule has 1 amide bonds. The highest BCUT2D eigenvalue weighted by Crippen LogP contribution is 2.45. The molecule has 1 saturated carbocycles. The van der Waals surface area contributed by atoms with Gasteiger partial charge in [-0.1, -0.05) is 24.3 Å². The summed E-state index contributed by atoms with van der Waals surface area (Å²) in [7, 11) is 2.01. The Kier molecular flexibility index (Phi) is 7.55. The first-order chi connectivity index (χ1) is 20.3. The summed E-state index contributed by atoms with van der Waals surface area (Å²) < 4.78 is 27.4. The van der Waals surface area contributed by atoms with Crippen molar-refractivity contribution >= 4 is 29.1 Å². The quantitative estimate of drug-likeness (QED) is 0.275. The number of carbonyl (C=O) groups is 1. The van der Waals surface area contributed by atoms with Gasteiger partial charge in [-0.05, 0) is 85.5 Å². The molecule has 0 N–H and O–H groups in total. The topological polar surface area (TPSA) is 82.3 Å². The summed E-state index contributed by atoms with van der Waals surface area (Å²) in [4.78, 5) is 29.9. The van der Waals surface area contributed by atoms with Crippen molar-refractivity contribution in [2.75, 3.05) is 38.1 Å². The average molecular weight is 572 g/mol. The molecule has 10 heteroatoms. The summed E-state index contributed by atoms with van der Waals surface area (Å²) >= 11 is 0. The summed E-state index contributed by atoms with van der Waals surface area (Å²) in [6.45, 7) is 2.89. The van der Waals surface area contributed by atoms with Gasteiger partial charge in [0, 0.05) is 43.7 Å². The third-order valence-corrected chi connectivity index (χ3v) is 8.40. The minimum absolute atomic E-state index is 0.120. The molecular weight excluding hydrogens is 540 g/mol. The van der Waals surface area contributed by atoms with Crippen LogP contribution in [0.5, 0.6) is 0 Å². The van der Waals surface area contributed by atoms with Crippen LogP contribution < -0.4 is 4.90 Å². The minimum atomic E-state index is -0.499. The molecule has 0 unspecified atom stereocenters. The second kappa shape index (κ2) is 11.4. The van der Waals surface area contributed by atoms with Gasteiger partial charge in [0.25, 0.3) is 11.6 Å². The van der Waals surface area contributed by atoms with Crippen LogP contribution in [-0.2, 0) is 0 Å². The van der Waals surface area contributed by atoms with E-state index in [1.807, 2.05) is 18.0 Å². The molecule has 8 nitrogen and oxygen atoms in total.